The van der Waals surface area contributed by atoms with Crippen molar-refractivity contribution in [2.75, 3.05) is 0 Å². The molecule has 1 atom stereocenters. The zero-order chi connectivity index (χ0) is 16.4. The normalized spacial score (nSPS) is 16.6. The van der Waals surface area contributed by atoms with Gasteiger partial charge in [-0.3, -0.25) is 0 Å². The van der Waals surface area contributed by atoms with E-state index >= 15 is 0 Å². The van der Waals surface area contributed by atoms with Gasteiger partial charge in [-0.2, -0.15) is 4.98 Å². The highest BCUT2D eigenvalue weighted by atomic mass is 35.5. The van der Waals surface area contributed by atoms with Crippen molar-refractivity contribution in [2.24, 2.45) is 11.5 Å². The second-order valence-electron chi connectivity index (χ2n) is 6.20. The fraction of sp³-hybridized carbons (Fsp3) is 0.438. The van der Waals surface area contributed by atoms with Gasteiger partial charge in [0.25, 0.3) is 0 Å². The lowest BCUT2D eigenvalue weighted by Gasteiger charge is -2.34. The van der Waals surface area contributed by atoms with Gasteiger partial charge in [0.15, 0.2) is 5.82 Å². The van der Waals surface area contributed by atoms with Gasteiger partial charge >= 0.3 is 6.03 Å². The van der Waals surface area contributed by atoms with Crippen molar-refractivity contribution in [1.29, 1.82) is 0 Å². The molecule has 1 saturated carbocycles. The summed E-state index contributed by atoms with van der Waals surface area (Å²) in [4.78, 5) is 15.7. The molecule has 0 spiro atoms. The molecule has 7 nitrogen and oxygen atoms in total. The summed E-state index contributed by atoms with van der Waals surface area (Å²) in [5.74, 6) is 0.984. The van der Waals surface area contributed by atoms with E-state index in [1.807, 2.05) is 31.2 Å². The van der Waals surface area contributed by atoms with Crippen LogP contribution in [-0.2, 0) is 12.0 Å². The minimum Gasteiger partial charge on any atom is -0.352 e. The van der Waals surface area contributed by atoms with E-state index in [0.717, 1.165) is 30.4 Å². The largest absolute Gasteiger partial charge is 0.352 e. The molecule has 8 heteroatoms. The molecular formula is C16H22ClN5O2. The van der Waals surface area contributed by atoms with Crippen LogP contribution < -0.4 is 16.8 Å². The molecule has 0 saturated heterocycles. The van der Waals surface area contributed by atoms with E-state index in [9.17, 15) is 4.79 Å². The van der Waals surface area contributed by atoms with Crippen molar-refractivity contribution in [2.45, 2.75) is 44.2 Å². The zero-order valence-electron chi connectivity index (χ0n) is 13.5. The predicted molar refractivity (Wildman–Crippen MR) is 91.6 cm³/mol. The number of nitrogens with zero attached hydrogens (tertiary/aromatic N) is 2. The van der Waals surface area contributed by atoms with E-state index in [2.05, 4.69) is 15.5 Å². The summed E-state index contributed by atoms with van der Waals surface area (Å²) in [6.07, 6.45) is 3.19. The fourth-order valence-electron chi connectivity index (χ4n) is 2.81. The minimum atomic E-state index is -0.592. The van der Waals surface area contributed by atoms with Gasteiger partial charge in [-0.15, -0.1) is 12.4 Å². The molecule has 1 heterocycles. The molecule has 2 aromatic rings. The van der Waals surface area contributed by atoms with Crippen LogP contribution in [0.3, 0.4) is 0 Å². The van der Waals surface area contributed by atoms with Crippen LogP contribution in [0, 0.1) is 6.92 Å². The summed E-state index contributed by atoms with van der Waals surface area (Å²) in [5.41, 5.74) is 13.1. The van der Waals surface area contributed by atoms with Crippen LogP contribution >= 0.6 is 12.4 Å². The number of nitrogens with one attached hydrogen (secondary N) is 1. The highest BCUT2D eigenvalue weighted by Gasteiger charge is 2.39. The Balaban J connectivity index is 0.00000208. The highest BCUT2D eigenvalue weighted by molar-refractivity contribution is 5.85. The summed E-state index contributed by atoms with van der Waals surface area (Å²) in [6.45, 7) is 1.99. The number of aromatic nitrogens is 2. The average molecular weight is 352 g/mol. The molecule has 130 valence electrons. The Hall–Kier alpha value is -2.12. The van der Waals surface area contributed by atoms with Gasteiger partial charge in [0.05, 0.1) is 18.0 Å². The standard InChI is InChI=1S/C16H21N5O2.ClH/c1-10-4-2-5-11(8-10)12(19-15(17)22)9-13-20-14(21-23-13)16(18)6-3-7-16;/h2,4-5,8,12H,3,6-7,9,18H2,1H3,(H3,17,19,22);1H. The summed E-state index contributed by atoms with van der Waals surface area (Å²) in [5, 5.41) is 6.73. The van der Waals surface area contributed by atoms with Crippen molar-refractivity contribution < 1.29 is 9.32 Å². The number of carbonyl (C=O) groups excluding carboxylic acids is 1. The van der Waals surface area contributed by atoms with Gasteiger partial charge in [-0.05, 0) is 31.7 Å². The first kappa shape index (κ1) is 18.2. The van der Waals surface area contributed by atoms with Crippen LogP contribution in [0.1, 0.15) is 48.1 Å². The third kappa shape index (κ3) is 3.85. The van der Waals surface area contributed by atoms with Gasteiger partial charge < -0.3 is 21.3 Å². The summed E-state index contributed by atoms with van der Waals surface area (Å²) in [6, 6.07) is 6.93. The van der Waals surface area contributed by atoms with Crippen LogP contribution in [0.5, 0.6) is 0 Å². The maximum absolute atomic E-state index is 11.3. The topological polar surface area (TPSA) is 120 Å². The SMILES string of the molecule is Cc1cccc(C(Cc2nc(C3(N)CCC3)no2)NC(N)=O)c1.Cl. The Morgan fingerprint density at radius 3 is 2.79 bits per heavy atom. The van der Waals surface area contributed by atoms with E-state index in [1.54, 1.807) is 0 Å². The molecule has 1 aromatic heterocycles. The second kappa shape index (κ2) is 7.19. The zero-order valence-corrected chi connectivity index (χ0v) is 14.3. The quantitative estimate of drug-likeness (QED) is 0.761. The van der Waals surface area contributed by atoms with Crippen molar-refractivity contribution in [1.82, 2.24) is 15.5 Å². The van der Waals surface area contributed by atoms with E-state index in [1.165, 1.54) is 0 Å². The molecule has 24 heavy (non-hydrogen) atoms. The molecule has 1 aromatic carbocycles. The molecule has 1 fully saturated rings. The van der Waals surface area contributed by atoms with E-state index in [0.29, 0.717) is 18.1 Å². The number of hydrogen-bond donors (Lipinski definition) is 3. The van der Waals surface area contributed by atoms with Gasteiger partial charge in [0.2, 0.25) is 5.89 Å². The van der Waals surface area contributed by atoms with Gasteiger partial charge in [0.1, 0.15) is 0 Å². The number of amides is 2. The molecule has 5 N–H and O–H groups in total. The third-order valence-electron chi connectivity index (χ3n) is 4.30. The van der Waals surface area contributed by atoms with Crippen molar-refractivity contribution >= 4 is 18.4 Å². The summed E-state index contributed by atoms with van der Waals surface area (Å²) in [7, 11) is 0. The van der Waals surface area contributed by atoms with Crippen LogP contribution in [0.25, 0.3) is 0 Å². The van der Waals surface area contributed by atoms with Crippen molar-refractivity contribution in [3.8, 4) is 0 Å². The monoisotopic (exact) mass is 351 g/mol. The maximum atomic E-state index is 11.3. The van der Waals surface area contributed by atoms with Crippen LogP contribution in [0.4, 0.5) is 4.79 Å². The lowest BCUT2D eigenvalue weighted by atomic mass is 9.77. The maximum Gasteiger partial charge on any atom is 0.312 e. The van der Waals surface area contributed by atoms with Crippen LogP contribution in [-0.4, -0.2) is 16.2 Å². The molecule has 1 aliphatic rings. The lowest BCUT2D eigenvalue weighted by molar-refractivity contribution is 0.228. The minimum absolute atomic E-state index is 0. The fourth-order valence-corrected chi connectivity index (χ4v) is 2.81. The van der Waals surface area contributed by atoms with E-state index in [-0.39, 0.29) is 18.4 Å². The summed E-state index contributed by atoms with van der Waals surface area (Å²) >= 11 is 0. The number of aryl methyl sites for hydroxylation is 1. The number of benzene rings is 1. The number of halogens is 1. The van der Waals surface area contributed by atoms with Crippen molar-refractivity contribution in [3.05, 3.63) is 47.1 Å². The Morgan fingerprint density at radius 1 is 1.46 bits per heavy atom. The molecule has 0 bridgehead atoms. The van der Waals surface area contributed by atoms with Crippen LogP contribution in [0.2, 0.25) is 0 Å². The Bertz CT molecular complexity index is 714. The Morgan fingerprint density at radius 2 is 2.21 bits per heavy atom. The van der Waals surface area contributed by atoms with E-state index < -0.39 is 11.6 Å². The van der Waals surface area contributed by atoms with Gasteiger partial charge in [0, 0.05) is 0 Å². The molecule has 3 rings (SSSR count). The summed E-state index contributed by atoms with van der Waals surface area (Å²) < 4.78 is 5.32. The molecular weight excluding hydrogens is 330 g/mol. The number of nitrogens with two attached hydrogens (primary N) is 2. The average Bonchev–Trinajstić information content (AvgIpc) is 2.92. The number of hydrogen-bond acceptors (Lipinski definition) is 5. The highest BCUT2D eigenvalue weighted by Crippen LogP contribution is 2.37. The Labute approximate surface area is 146 Å². The first-order chi connectivity index (χ1) is 11.0. The molecule has 2 amide bonds. The number of carbonyl (C=O) groups is 1. The second-order valence-corrected chi connectivity index (χ2v) is 6.20. The Kier molecular flexibility index (Phi) is 5.46. The van der Waals surface area contributed by atoms with Crippen LogP contribution in [0.15, 0.2) is 28.8 Å². The molecule has 0 aliphatic heterocycles. The first-order valence-electron chi connectivity index (χ1n) is 7.71. The number of primary amides is 1. The first-order valence-corrected chi connectivity index (χ1v) is 7.71. The van der Waals surface area contributed by atoms with Gasteiger partial charge in [-0.25, -0.2) is 4.79 Å². The number of rotatable bonds is 5. The smallest absolute Gasteiger partial charge is 0.312 e. The molecule has 1 aliphatic carbocycles. The molecule has 0 radical (unpaired) electrons. The molecule has 1 unspecified atom stereocenters. The van der Waals surface area contributed by atoms with E-state index in [4.69, 9.17) is 16.0 Å². The van der Waals surface area contributed by atoms with Gasteiger partial charge in [-0.1, -0.05) is 35.0 Å². The third-order valence-corrected chi connectivity index (χ3v) is 4.30. The van der Waals surface area contributed by atoms with Crippen molar-refractivity contribution in [3.63, 3.8) is 0 Å². The lowest BCUT2D eigenvalue weighted by Crippen LogP contribution is -2.44. The number of urea groups is 1. The predicted octanol–water partition coefficient (Wildman–Crippen LogP) is 2.09.